The molecule has 0 bridgehead atoms. The Morgan fingerprint density at radius 3 is 2.80 bits per heavy atom. The van der Waals surface area contributed by atoms with Crippen molar-refractivity contribution < 1.29 is 9.90 Å². The van der Waals surface area contributed by atoms with Crippen LogP contribution in [0.25, 0.3) is 0 Å². The minimum atomic E-state index is -0.0160. The highest BCUT2D eigenvalue weighted by Crippen LogP contribution is 2.21. The zero-order valence-electron chi connectivity index (χ0n) is 11.4. The summed E-state index contributed by atoms with van der Waals surface area (Å²) in [6, 6.07) is 4.99. The van der Waals surface area contributed by atoms with E-state index in [0.29, 0.717) is 29.4 Å². The van der Waals surface area contributed by atoms with Crippen LogP contribution < -0.4 is 5.73 Å². The third kappa shape index (κ3) is 3.62. The molecule has 0 aromatic heterocycles. The third-order valence-electron chi connectivity index (χ3n) is 3.54. The Morgan fingerprint density at radius 2 is 2.10 bits per heavy atom. The fraction of sp³-hybridized carbons (Fsp3) is 0.500. The average molecular weight is 298 g/mol. The number of carbonyl (C=O) groups is 1. The van der Waals surface area contributed by atoms with E-state index in [1.807, 2.05) is 4.90 Å². The predicted octanol–water partition coefficient (Wildman–Crippen LogP) is 1.06. The Kier molecular flexibility index (Phi) is 5.23. The van der Waals surface area contributed by atoms with Crippen molar-refractivity contribution in [2.24, 2.45) is 0 Å². The molecule has 0 aliphatic carbocycles. The highest BCUT2D eigenvalue weighted by molar-refractivity contribution is 6.33. The van der Waals surface area contributed by atoms with Gasteiger partial charge in [-0.1, -0.05) is 11.6 Å². The molecule has 1 aliphatic heterocycles. The molecule has 0 unspecified atom stereocenters. The van der Waals surface area contributed by atoms with Gasteiger partial charge in [-0.25, -0.2) is 0 Å². The summed E-state index contributed by atoms with van der Waals surface area (Å²) in [7, 11) is 0. The molecule has 20 heavy (non-hydrogen) atoms. The van der Waals surface area contributed by atoms with Gasteiger partial charge < -0.3 is 15.7 Å². The molecule has 6 heteroatoms. The smallest absolute Gasteiger partial charge is 0.253 e. The molecule has 1 saturated heterocycles. The maximum atomic E-state index is 12.4. The Morgan fingerprint density at radius 1 is 1.30 bits per heavy atom. The zero-order chi connectivity index (χ0) is 14.5. The monoisotopic (exact) mass is 297 g/mol. The van der Waals surface area contributed by atoms with E-state index in [1.54, 1.807) is 18.2 Å². The summed E-state index contributed by atoms with van der Waals surface area (Å²) in [4.78, 5) is 16.4. The standard InChI is InChI=1S/C14H20ClN3O2/c15-12-10-11(2-3-13(12)16)14(20)18-5-1-4-17(6-7-18)8-9-19/h2-3,10,19H,1,4-9,16H2. The molecule has 1 heterocycles. The van der Waals surface area contributed by atoms with Crippen molar-refractivity contribution in [2.45, 2.75) is 6.42 Å². The van der Waals surface area contributed by atoms with Gasteiger partial charge in [0, 0.05) is 31.7 Å². The number of anilines is 1. The lowest BCUT2D eigenvalue weighted by Gasteiger charge is -2.21. The van der Waals surface area contributed by atoms with Gasteiger partial charge in [-0.05, 0) is 31.2 Å². The molecule has 0 atom stereocenters. The first-order valence-corrected chi connectivity index (χ1v) is 7.17. The predicted molar refractivity (Wildman–Crippen MR) is 79.9 cm³/mol. The quantitative estimate of drug-likeness (QED) is 0.819. The lowest BCUT2D eigenvalue weighted by atomic mass is 10.1. The third-order valence-corrected chi connectivity index (χ3v) is 3.87. The summed E-state index contributed by atoms with van der Waals surface area (Å²) in [5.74, 6) is -0.0160. The number of carbonyl (C=O) groups excluding carboxylic acids is 1. The second-order valence-corrected chi connectivity index (χ2v) is 5.35. The zero-order valence-corrected chi connectivity index (χ0v) is 12.1. The first-order chi connectivity index (χ1) is 9.61. The van der Waals surface area contributed by atoms with Crippen LogP contribution in [0.4, 0.5) is 5.69 Å². The maximum Gasteiger partial charge on any atom is 0.253 e. The number of benzene rings is 1. The summed E-state index contributed by atoms with van der Waals surface area (Å²) in [6.45, 7) is 3.91. The van der Waals surface area contributed by atoms with Crippen LogP contribution in [-0.2, 0) is 0 Å². The number of aliphatic hydroxyl groups excluding tert-OH is 1. The fourth-order valence-corrected chi connectivity index (χ4v) is 2.56. The van der Waals surface area contributed by atoms with Crippen LogP contribution in [0.15, 0.2) is 18.2 Å². The van der Waals surface area contributed by atoms with Crippen molar-refractivity contribution in [2.75, 3.05) is 45.1 Å². The number of nitrogens with zero attached hydrogens (tertiary/aromatic N) is 2. The summed E-state index contributed by atoms with van der Waals surface area (Å²) in [5, 5.41) is 9.38. The largest absolute Gasteiger partial charge is 0.398 e. The van der Waals surface area contributed by atoms with Gasteiger partial charge in [-0.2, -0.15) is 0 Å². The molecule has 2 rings (SSSR count). The molecule has 1 aromatic rings. The van der Waals surface area contributed by atoms with Crippen molar-refractivity contribution in [1.82, 2.24) is 9.80 Å². The lowest BCUT2D eigenvalue weighted by molar-refractivity contribution is 0.0760. The van der Waals surface area contributed by atoms with Crippen LogP contribution in [-0.4, -0.2) is 60.1 Å². The molecular weight excluding hydrogens is 278 g/mol. The van der Waals surface area contributed by atoms with Crippen LogP contribution >= 0.6 is 11.6 Å². The van der Waals surface area contributed by atoms with Crippen molar-refractivity contribution >= 4 is 23.2 Å². The number of amides is 1. The molecule has 0 saturated carbocycles. The number of aliphatic hydroxyl groups is 1. The van der Waals surface area contributed by atoms with Crippen molar-refractivity contribution in [3.8, 4) is 0 Å². The van der Waals surface area contributed by atoms with E-state index in [4.69, 9.17) is 22.4 Å². The van der Waals surface area contributed by atoms with Gasteiger partial charge in [-0.3, -0.25) is 9.69 Å². The molecule has 1 fully saturated rings. The lowest BCUT2D eigenvalue weighted by Crippen LogP contribution is -2.35. The highest BCUT2D eigenvalue weighted by Gasteiger charge is 2.20. The summed E-state index contributed by atoms with van der Waals surface area (Å²) in [5.41, 5.74) is 6.71. The van der Waals surface area contributed by atoms with Crippen LogP contribution in [0, 0.1) is 0 Å². The summed E-state index contributed by atoms with van der Waals surface area (Å²) < 4.78 is 0. The Balaban J connectivity index is 2.03. The first-order valence-electron chi connectivity index (χ1n) is 6.79. The van der Waals surface area contributed by atoms with Crippen molar-refractivity contribution in [1.29, 1.82) is 0 Å². The topological polar surface area (TPSA) is 69.8 Å². The van der Waals surface area contributed by atoms with Gasteiger partial charge in [-0.15, -0.1) is 0 Å². The Hall–Kier alpha value is -1.30. The van der Waals surface area contributed by atoms with Crippen LogP contribution in [0.5, 0.6) is 0 Å². The van der Waals surface area contributed by atoms with Gasteiger partial charge in [0.2, 0.25) is 0 Å². The number of halogens is 1. The molecule has 110 valence electrons. The second kappa shape index (κ2) is 6.92. The molecule has 1 amide bonds. The molecule has 0 radical (unpaired) electrons. The number of hydrogen-bond donors (Lipinski definition) is 2. The van der Waals surface area contributed by atoms with E-state index in [2.05, 4.69) is 4.90 Å². The Labute approximate surface area is 123 Å². The second-order valence-electron chi connectivity index (χ2n) is 4.95. The number of β-amino-alcohol motifs (C(OH)–C–C–N with tert-alkyl or cyclic N) is 1. The molecule has 5 nitrogen and oxygen atoms in total. The Bertz CT molecular complexity index is 481. The number of hydrogen-bond acceptors (Lipinski definition) is 4. The van der Waals surface area contributed by atoms with E-state index in [0.717, 1.165) is 26.1 Å². The van der Waals surface area contributed by atoms with E-state index < -0.39 is 0 Å². The van der Waals surface area contributed by atoms with E-state index in [9.17, 15) is 4.79 Å². The van der Waals surface area contributed by atoms with Crippen LogP contribution in [0.1, 0.15) is 16.8 Å². The maximum absolute atomic E-state index is 12.4. The van der Waals surface area contributed by atoms with Gasteiger partial charge in [0.1, 0.15) is 0 Å². The van der Waals surface area contributed by atoms with E-state index in [-0.39, 0.29) is 12.5 Å². The van der Waals surface area contributed by atoms with Gasteiger partial charge in [0.25, 0.3) is 5.91 Å². The minimum absolute atomic E-state index is 0.0160. The molecule has 1 aliphatic rings. The van der Waals surface area contributed by atoms with Gasteiger partial charge in [0.15, 0.2) is 0 Å². The van der Waals surface area contributed by atoms with Crippen LogP contribution in [0.2, 0.25) is 5.02 Å². The highest BCUT2D eigenvalue weighted by atomic mass is 35.5. The molecule has 3 N–H and O–H groups in total. The normalized spacial score (nSPS) is 17.0. The fourth-order valence-electron chi connectivity index (χ4n) is 2.38. The van der Waals surface area contributed by atoms with E-state index >= 15 is 0 Å². The summed E-state index contributed by atoms with van der Waals surface area (Å²) >= 11 is 5.96. The van der Waals surface area contributed by atoms with Crippen molar-refractivity contribution in [3.05, 3.63) is 28.8 Å². The molecular formula is C14H20ClN3O2. The van der Waals surface area contributed by atoms with Crippen LogP contribution in [0.3, 0.4) is 0 Å². The molecule has 0 spiro atoms. The van der Waals surface area contributed by atoms with Crippen molar-refractivity contribution in [3.63, 3.8) is 0 Å². The minimum Gasteiger partial charge on any atom is -0.398 e. The van der Waals surface area contributed by atoms with Gasteiger partial charge in [0.05, 0.1) is 17.3 Å². The van der Waals surface area contributed by atoms with Gasteiger partial charge >= 0.3 is 0 Å². The average Bonchev–Trinajstić information content (AvgIpc) is 2.67. The first kappa shape index (κ1) is 15.1. The summed E-state index contributed by atoms with van der Waals surface area (Å²) in [6.07, 6.45) is 0.911. The SMILES string of the molecule is Nc1ccc(C(=O)N2CCCN(CCO)CC2)cc1Cl. The number of nitrogens with two attached hydrogens (primary N) is 1. The molecule has 1 aromatic carbocycles. The number of rotatable bonds is 3. The van der Waals surface area contributed by atoms with E-state index in [1.165, 1.54) is 0 Å². The number of nitrogen functional groups attached to an aromatic ring is 1.